The summed E-state index contributed by atoms with van der Waals surface area (Å²) in [5, 5.41) is 13.5. The van der Waals surface area contributed by atoms with E-state index in [1.54, 1.807) is 7.05 Å². The van der Waals surface area contributed by atoms with Gasteiger partial charge in [0.05, 0.1) is 11.3 Å². The van der Waals surface area contributed by atoms with E-state index in [-0.39, 0.29) is 42.1 Å². The van der Waals surface area contributed by atoms with Crippen LogP contribution >= 0.6 is 24.0 Å². The molecule has 1 amide bonds. The van der Waals surface area contributed by atoms with Crippen LogP contribution in [0.15, 0.2) is 29.3 Å². The summed E-state index contributed by atoms with van der Waals surface area (Å²) in [5.74, 6) is 0.157. The zero-order chi connectivity index (χ0) is 23.2. The highest BCUT2D eigenvalue weighted by Crippen LogP contribution is 2.29. The number of aryl methyl sites for hydroxylation is 2. The molecule has 1 aromatic heterocycles. The average molecular weight is 566 g/mol. The molecule has 1 atom stereocenters. The Kier molecular flexibility index (Phi) is 10.5. The number of carbonyl (C=O) groups is 1. The fourth-order valence-corrected chi connectivity index (χ4v) is 3.17. The number of hydrogen-bond donors (Lipinski definition) is 3. The molecule has 2 aromatic rings. The summed E-state index contributed by atoms with van der Waals surface area (Å²) >= 11 is 0. The van der Waals surface area contributed by atoms with Crippen molar-refractivity contribution in [1.82, 2.24) is 25.7 Å². The Bertz CT molecular complexity index is 925. The molecule has 0 spiro atoms. The number of aromatic nitrogens is 2. The van der Waals surface area contributed by atoms with Crippen LogP contribution in [-0.2, 0) is 19.6 Å². The van der Waals surface area contributed by atoms with E-state index in [0.717, 1.165) is 42.1 Å². The Balaban J connectivity index is 0.00000512. The van der Waals surface area contributed by atoms with Gasteiger partial charge in [0.15, 0.2) is 5.96 Å². The molecular weight excluding hydrogens is 536 g/mol. The number of alkyl halides is 3. The van der Waals surface area contributed by atoms with Crippen LogP contribution in [0.25, 0.3) is 0 Å². The van der Waals surface area contributed by atoms with Gasteiger partial charge < -0.3 is 16.0 Å². The summed E-state index contributed by atoms with van der Waals surface area (Å²) in [6.45, 7) is 6.76. The van der Waals surface area contributed by atoms with Gasteiger partial charge in [-0.1, -0.05) is 0 Å². The van der Waals surface area contributed by atoms with Crippen molar-refractivity contribution in [3.63, 3.8) is 0 Å². The van der Waals surface area contributed by atoms with Crippen LogP contribution in [0.2, 0.25) is 0 Å². The number of rotatable bonds is 7. The minimum Gasteiger partial charge on any atom is -0.355 e. The lowest BCUT2D eigenvalue weighted by Crippen LogP contribution is -2.45. The second-order valence-electron chi connectivity index (χ2n) is 7.35. The maximum absolute atomic E-state index is 12.6. The van der Waals surface area contributed by atoms with Gasteiger partial charge in [-0.2, -0.15) is 18.3 Å². The van der Waals surface area contributed by atoms with Crippen molar-refractivity contribution < 1.29 is 18.0 Å². The fraction of sp³-hybridized carbons (Fsp3) is 0.476. The lowest BCUT2D eigenvalue weighted by atomic mass is 10.1. The Morgan fingerprint density at radius 2 is 1.75 bits per heavy atom. The second kappa shape index (κ2) is 12.1. The fourth-order valence-electron chi connectivity index (χ4n) is 3.17. The van der Waals surface area contributed by atoms with Crippen LogP contribution in [0.1, 0.15) is 39.8 Å². The van der Waals surface area contributed by atoms with E-state index in [1.807, 2.05) is 32.5 Å². The van der Waals surface area contributed by atoms with Gasteiger partial charge in [-0.05, 0) is 57.0 Å². The summed E-state index contributed by atoms with van der Waals surface area (Å²) in [4.78, 5) is 16.3. The molecule has 0 fully saturated rings. The number of amides is 1. The van der Waals surface area contributed by atoms with Gasteiger partial charge in [0.2, 0.25) is 0 Å². The van der Waals surface area contributed by atoms with Crippen molar-refractivity contribution in [1.29, 1.82) is 0 Å². The van der Waals surface area contributed by atoms with Crippen LogP contribution < -0.4 is 16.0 Å². The summed E-state index contributed by atoms with van der Waals surface area (Å²) in [7, 11) is 3.58. The zero-order valence-electron chi connectivity index (χ0n) is 18.8. The lowest BCUT2D eigenvalue weighted by Gasteiger charge is -2.18. The summed E-state index contributed by atoms with van der Waals surface area (Å²) in [6, 6.07) is 4.22. The van der Waals surface area contributed by atoms with Crippen LogP contribution in [0, 0.1) is 13.8 Å². The Labute approximate surface area is 203 Å². The van der Waals surface area contributed by atoms with Crippen molar-refractivity contribution in [2.24, 2.45) is 12.0 Å². The Morgan fingerprint density at radius 3 is 2.25 bits per heavy atom. The average Bonchev–Trinajstić information content (AvgIpc) is 2.95. The minimum absolute atomic E-state index is 0. The molecule has 0 radical (unpaired) electrons. The number of benzene rings is 1. The monoisotopic (exact) mass is 566 g/mol. The van der Waals surface area contributed by atoms with Gasteiger partial charge in [0.25, 0.3) is 5.91 Å². The van der Waals surface area contributed by atoms with Crippen LogP contribution in [0.4, 0.5) is 13.2 Å². The number of hydrogen-bond acceptors (Lipinski definition) is 3. The largest absolute Gasteiger partial charge is 0.416 e. The highest BCUT2D eigenvalue weighted by Gasteiger charge is 2.30. The number of aliphatic imine (C=N–C) groups is 1. The maximum Gasteiger partial charge on any atom is 0.416 e. The third-order valence-electron chi connectivity index (χ3n) is 4.95. The third-order valence-corrected chi connectivity index (χ3v) is 4.95. The first-order valence-electron chi connectivity index (χ1n) is 9.94. The minimum atomic E-state index is -4.42. The van der Waals surface area contributed by atoms with E-state index in [9.17, 15) is 18.0 Å². The van der Waals surface area contributed by atoms with Crippen molar-refractivity contribution in [3.05, 3.63) is 52.3 Å². The van der Waals surface area contributed by atoms with E-state index < -0.39 is 17.6 Å². The van der Waals surface area contributed by atoms with Gasteiger partial charge in [-0.15, -0.1) is 24.0 Å². The predicted molar refractivity (Wildman–Crippen MR) is 130 cm³/mol. The number of nitrogens with zero attached hydrogens (tertiary/aromatic N) is 3. The van der Waals surface area contributed by atoms with Gasteiger partial charge in [-0.3, -0.25) is 14.5 Å². The number of guanidine groups is 1. The van der Waals surface area contributed by atoms with Crippen molar-refractivity contribution in [2.45, 2.75) is 39.4 Å². The molecule has 0 aliphatic carbocycles. The van der Waals surface area contributed by atoms with E-state index in [0.29, 0.717) is 12.5 Å². The van der Waals surface area contributed by atoms with Crippen LogP contribution in [0.3, 0.4) is 0 Å². The van der Waals surface area contributed by atoms with Crippen LogP contribution in [0.5, 0.6) is 0 Å². The highest BCUT2D eigenvalue weighted by atomic mass is 127. The van der Waals surface area contributed by atoms with Gasteiger partial charge >= 0.3 is 6.18 Å². The van der Waals surface area contributed by atoms with Gasteiger partial charge in [0, 0.05) is 44.5 Å². The molecule has 7 nitrogen and oxygen atoms in total. The summed E-state index contributed by atoms with van der Waals surface area (Å²) in [6.07, 6.45) is -3.63. The summed E-state index contributed by atoms with van der Waals surface area (Å²) in [5.41, 5.74) is 2.71. The van der Waals surface area contributed by atoms with Crippen molar-refractivity contribution in [3.8, 4) is 0 Å². The standard InChI is InChI=1S/C21H29F3N6O.HI/c1-13(12-18-14(2)29-30(5)15(18)3)28-20(25-4)27-11-10-26-19(31)16-6-8-17(9-7-16)21(22,23)24;/h6-9,13H,10-12H2,1-5H3,(H,26,31)(H2,25,27,28);1H. The first-order valence-corrected chi connectivity index (χ1v) is 9.94. The number of halogens is 4. The molecule has 32 heavy (non-hydrogen) atoms. The number of nitrogens with one attached hydrogen (secondary N) is 3. The van der Waals surface area contributed by atoms with Gasteiger partial charge in [-0.25, -0.2) is 0 Å². The summed E-state index contributed by atoms with van der Waals surface area (Å²) < 4.78 is 39.7. The molecule has 1 unspecified atom stereocenters. The maximum atomic E-state index is 12.6. The molecule has 0 aliphatic rings. The van der Waals surface area contributed by atoms with Crippen molar-refractivity contribution >= 4 is 35.8 Å². The Morgan fingerprint density at radius 1 is 1.16 bits per heavy atom. The molecular formula is C21H30F3IN6O. The third kappa shape index (κ3) is 7.68. The van der Waals surface area contributed by atoms with Crippen molar-refractivity contribution in [2.75, 3.05) is 20.1 Å². The second-order valence-corrected chi connectivity index (χ2v) is 7.35. The molecule has 1 aromatic carbocycles. The normalized spacial score (nSPS) is 12.7. The quantitative estimate of drug-likeness (QED) is 0.208. The zero-order valence-corrected chi connectivity index (χ0v) is 21.1. The molecule has 0 bridgehead atoms. The van der Waals surface area contributed by atoms with E-state index >= 15 is 0 Å². The first-order chi connectivity index (χ1) is 14.5. The molecule has 1 heterocycles. The molecule has 0 saturated heterocycles. The van der Waals surface area contributed by atoms with Crippen LogP contribution in [-0.4, -0.2) is 47.8 Å². The molecule has 2 rings (SSSR count). The molecule has 178 valence electrons. The molecule has 3 N–H and O–H groups in total. The lowest BCUT2D eigenvalue weighted by molar-refractivity contribution is -0.137. The topological polar surface area (TPSA) is 83.3 Å². The number of carbonyl (C=O) groups excluding carboxylic acids is 1. The Hall–Kier alpha value is -2.31. The van der Waals surface area contributed by atoms with Gasteiger partial charge in [0.1, 0.15) is 0 Å². The van der Waals surface area contributed by atoms with E-state index in [1.165, 1.54) is 5.56 Å². The first kappa shape index (κ1) is 27.7. The molecule has 0 saturated carbocycles. The van der Waals surface area contributed by atoms with E-state index in [2.05, 4.69) is 26.0 Å². The predicted octanol–water partition coefficient (Wildman–Crippen LogP) is 3.20. The smallest absolute Gasteiger partial charge is 0.355 e. The SMILES string of the molecule is CN=C(NCCNC(=O)c1ccc(C(F)(F)F)cc1)NC(C)Cc1c(C)nn(C)c1C.I. The van der Waals surface area contributed by atoms with E-state index in [4.69, 9.17) is 0 Å². The molecule has 11 heteroatoms. The molecule has 0 aliphatic heterocycles. The highest BCUT2D eigenvalue weighted by molar-refractivity contribution is 14.0.